The van der Waals surface area contributed by atoms with Crippen molar-refractivity contribution in [1.82, 2.24) is 0 Å². The minimum Gasteiger partial charge on any atom is -0.295 e. The molecule has 2 aromatic rings. The van der Waals surface area contributed by atoms with Crippen LogP contribution in [-0.2, 0) is 12.8 Å². The second-order valence-corrected chi connectivity index (χ2v) is 4.37. The van der Waals surface area contributed by atoms with Crippen LogP contribution in [0, 0.1) is 0 Å². The Labute approximate surface area is 102 Å². The van der Waals surface area contributed by atoms with E-state index in [-0.39, 0.29) is 5.78 Å². The van der Waals surface area contributed by atoms with Crippen LogP contribution in [0.3, 0.4) is 0 Å². The highest BCUT2D eigenvalue weighted by molar-refractivity contribution is 6.01. The number of aryl methyl sites for hydroxylation is 1. The molecule has 0 saturated heterocycles. The molecule has 0 N–H and O–H groups in total. The van der Waals surface area contributed by atoms with E-state index >= 15 is 0 Å². The van der Waals surface area contributed by atoms with Crippen LogP contribution in [0.2, 0.25) is 0 Å². The van der Waals surface area contributed by atoms with Crippen LogP contribution in [0.4, 0.5) is 0 Å². The molecule has 0 aromatic heterocycles. The lowest BCUT2D eigenvalue weighted by Crippen LogP contribution is -2.03. The molecule has 0 aliphatic carbocycles. The molecule has 0 aliphatic heterocycles. The first kappa shape index (κ1) is 11.8. The molecule has 0 unspecified atom stereocenters. The van der Waals surface area contributed by atoms with Gasteiger partial charge in [-0.25, -0.2) is 0 Å². The lowest BCUT2D eigenvalue weighted by molar-refractivity contribution is 0.101. The Hall–Kier alpha value is -1.63. The summed E-state index contributed by atoms with van der Waals surface area (Å²) in [6.07, 6.45) is 1.90. The van der Waals surface area contributed by atoms with Gasteiger partial charge in [0, 0.05) is 5.56 Å². The average molecular weight is 226 g/mol. The number of carbonyl (C=O) groups is 1. The van der Waals surface area contributed by atoms with Gasteiger partial charge < -0.3 is 0 Å². The van der Waals surface area contributed by atoms with Gasteiger partial charge in [0.15, 0.2) is 5.78 Å². The summed E-state index contributed by atoms with van der Waals surface area (Å²) in [5, 5.41) is 2.46. The molecule has 0 heterocycles. The van der Waals surface area contributed by atoms with Crippen LogP contribution < -0.4 is 0 Å². The van der Waals surface area contributed by atoms with Crippen molar-refractivity contribution in [2.45, 2.75) is 33.6 Å². The van der Waals surface area contributed by atoms with Gasteiger partial charge in [-0.1, -0.05) is 38.1 Å². The van der Waals surface area contributed by atoms with Crippen molar-refractivity contribution >= 4 is 16.6 Å². The second-order valence-electron chi connectivity index (χ2n) is 4.37. The second kappa shape index (κ2) is 4.70. The molecular weight excluding hydrogens is 208 g/mol. The fraction of sp³-hybridized carbons (Fsp3) is 0.312. The lowest BCUT2D eigenvalue weighted by Gasteiger charge is -2.14. The first-order valence-electron chi connectivity index (χ1n) is 6.23. The Bertz CT molecular complexity index is 567. The third-order valence-corrected chi connectivity index (χ3v) is 3.36. The molecule has 0 amide bonds. The Morgan fingerprint density at radius 2 is 1.71 bits per heavy atom. The number of carbonyl (C=O) groups excluding carboxylic acids is 1. The number of Topliss-reactive ketones (excluding diaryl/α,β-unsaturated/α-hetero) is 1. The van der Waals surface area contributed by atoms with Crippen LogP contribution in [0.1, 0.15) is 42.3 Å². The van der Waals surface area contributed by atoms with Crippen LogP contribution in [0.25, 0.3) is 10.8 Å². The summed E-state index contributed by atoms with van der Waals surface area (Å²) in [6, 6.07) is 10.4. The van der Waals surface area contributed by atoms with E-state index in [0.717, 1.165) is 18.4 Å². The Balaban J connectivity index is 2.88. The molecule has 0 spiro atoms. The maximum absolute atomic E-state index is 11.7. The maximum Gasteiger partial charge on any atom is 0.160 e. The van der Waals surface area contributed by atoms with E-state index in [4.69, 9.17) is 0 Å². The molecule has 88 valence electrons. The normalized spacial score (nSPS) is 10.8. The fourth-order valence-corrected chi connectivity index (χ4v) is 2.59. The highest BCUT2D eigenvalue weighted by Crippen LogP contribution is 2.27. The van der Waals surface area contributed by atoms with Gasteiger partial charge in [0.1, 0.15) is 0 Å². The van der Waals surface area contributed by atoms with Crippen molar-refractivity contribution in [3.63, 3.8) is 0 Å². The van der Waals surface area contributed by atoms with E-state index in [0.29, 0.717) is 0 Å². The summed E-state index contributed by atoms with van der Waals surface area (Å²) in [4.78, 5) is 11.7. The minimum atomic E-state index is 0.169. The number of ketones is 1. The SMILES string of the molecule is CCc1c(C(C)=O)cc2ccccc2c1CC. The zero-order chi connectivity index (χ0) is 12.4. The van der Waals surface area contributed by atoms with Crippen molar-refractivity contribution in [2.75, 3.05) is 0 Å². The van der Waals surface area contributed by atoms with Crippen molar-refractivity contribution in [3.8, 4) is 0 Å². The number of hydrogen-bond donors (Lipinski definition) is 0. The summed E-state index contributed by atoms with van der Waals surface area (Å²) in [7, 11) is 0. The minimum absolute atomic E-state index is 0.169. The molecule has 0 atom stereocenters. The summed E-state index contributed by atoms with van der Waals surface area (Å²) in [5.41, 5.74) is 3.44. The molecule has 0 fully saturated rings. The zero-order valence-electron chi connectivity index (χ0n) is 10.7. The van der Waals surface area contributed by atoms with Gasteiger partial charge in [0.2, 0.25) is 0 Å². The lowest BCUT2D eigenvalue weighted by atomic mass is 9.90. The van der Waals surface area contributed by atoms with E-state index in [1.165, 1.54) is 21.9 Å². The van der Waals surface area contributed by atoms with Gasteiger partial charge in [-0.05, 0) is 47.7 Å². The van der Waals surface area contributed by atoms with Gasteiger partial charge in [0.25, 0.3) is 0 Å². The smallest absolute Gasteiger partial charge is 0.160 e. The first-order valence-corrected chi connectivity index (χ1v) is 6.23. The number of fused-ring (bicyclic) bond motifs is 1. The molecule has 0 aliphatic rings. The molecular formula is C16H18O. The van der Waals surface area contributed by atoms with Crippen LogP contribution in [0.15, 0.2) is 30.3 Å². The molecule has 0 saturated carbocycles. The van der Waals surface area contributed by atoms with Gasteiger partial charge in [-0.3, -0.25) is 4.79 Å². The Morgan fingerprint density at radius 3 is 2.29 bits per heavy atom. The molecule has 2 rings (SSSR count). The van der Waals surface area contributed by atoms with Gasteiger partial charge >= 0.3 is 0 Å². The molecule has 1 nitrogen and oxygen atoms in total. The zero-order valence-corrected chi connectivity index (χ0v) is 10.7. The van der Waals surface area contributed by atoms with E-state index in [2.05, 4.69) is 32.0 Å². The average Bonchev–Trinajstić information content (AvgIpc) is 2.36. The highest BCUT2D eigenvalue weighted by atomic mass is 16.1. The molecule has 0 radical (unpaired) electrons. The van der Waals surface area contributed by atoms with Crippen LogP contribution in [-0.4, -0.2) is 5.78 Å². The molecule has 0 bridgehead atoms. The molecule has 17 heavy (non-hydrogen) atoms. The number of hydrogen-bond acceptors (Lipinski definition) is 1. The largest absolute Gasteiger partial charge is 0.295 e. The summed E-state index contributed by atoms with van der Waals surface area (Å²) in [6.45, 7) is 5.93. The van der Waals surface area contributed by atoms with Crippen molar-refractivity contribution in [3.05, 3.63) is 47.0 Å². The monoisotopic (exact) mass is 226 g/mol. The fourth-order valence-electron chi connectivity index (χ4n) is 2.59. The third kappa shape index (κ3) is 1.97. The summed E-state index contributed by atoms with van der Waals surface area (Å²) >= 11 is 0. The van der Waals surface area contributed by atoms with E-state index in [9.17, 15) is 4.79 Å². The maximum atomic E-state index is 11.7. The summed E-state index contributed by atoms with van der Waals surface area (Å²) < 4.78 is 0. The van der Waals surface area contributed by atoms with Crippen molar-refractivity contribution in [2.24, 2.45) is 0 Å². The van der Waals surface area contributed by atoms with E-state index in [1.54, 1.807) is 6.92 Å². The first-order chi connectivity index (χ1) is 8.19. The molecule has 1 heteroatoms. The Kier molecular flexibility index (Phi) is 3.28. The highest BCUT2D eigenvalue weighted by Gasteiger charge is 2.13. The van der Waals surface area contributed by atoms with Gasteiger partial charge in [-0.15, -0.1) is 0 Å². The molecule has 2 aromatic carbocycles. The predicted molar refractivity (Wildman–Crippen MR) is 72.7 cm³/mol. The standard InChI is InChI=1S/C16H18O/c1-4-13-14(5-2)16(11(3)17)10-12-8-6-7-9-15(12)13/h6-10H,4-5H2,1-3H3. The van der Waals surface area contributed by atoms with Gasteiger partial charge in [0.05, 0.1) is 0 Å². The van der Waals surface area contributed by atoms with Crippen LogP contribution >= 0.6 is 0 Å². The van der Waals surface area contributed by atoms with E-state index < -0.39 is 0 Å². The topological polar surface area (TPSA) is 17.1 Å². The third-order valence-electron chi connectivity index (χ3n) is 3.36. The number of benzene rings is 2. The Morgan fingerprint density at radius 1 is 1.06 bits per heavy atom. The van der Waals surface area contributed by atoms with Gasteiger partial charge in [-0.2, -0.15) is 0 Å². The summed E-state index contributed by atoms with van der Waals surface area (Å²) in [5.74, 6) is 0.169. The van der Waals surface area contributed by atoms with Crippen molar-refractivity contribution < 1.29 is 4.79 Å². The number of rotatable bonds is 3. The van der Waals surface area contributed by atoms with Crippen molar-refractivity contribution in [1.29, 1.82) is 0 Å². The van der Waals surface area contributed by atoms with E-state index in [1.807, 2.05) is 12.1 Å². The predicted octanol–water partition coefficient (Wildman–Crippen LogP) is 4.17. The van der Waals surface area contributed by atoms with Crippen LogP contribution in [0.5, 0.6) is 0 Å². The quantitative estimate of drug-likeness (QED) is 0.718.